The summed E-state index contributed by atoms with van der Waals surface area (Å²) in [6.07, 6.45) is 3.41. The van der Waals surface area contributed by atoms with Crippen LogP contribution in [0.15, 0.2) is 41.3 Å². The van der Waals surface area contributed by atoms with Gasteiger partial charge >= 0.3 is 0 Å². The summed E-state index contributed by atoms with van der Waals surface area (Å²) in [5.74, 6) is 1.12. The van der Waals surface area contributed by atoms with Crippen LogP contribution >= 0.6 is 47.2 Å². The van der Waals surface area contributed by atoms with Gasteiger partial charge in [-0.2, -0.15) is 0 Å². The molecule has 0 atom stereocenters. The lowest BCUT2D eigenvalue weighted by Crippen LogP contribution is -2.22. The summed E-state index contributed by atoms with van der Waals surface area (Å²) in [4.78, 5) is 14.1. The lowest BCUT2D eigenvalue weighted by atomic mass is 10.2. The summed E-state index contributed by atoms with van der Waals surface area (Å²) in [7, 11) is 1.65. The minimum atomic E-state index is -0.137. The molecule has 0 unspecified atom stereocenters. The second kappa shape index (κ2) is 10.5. The third-order valence-corrected chi connectivity index (χ3v) is 6.49. The molecule has 0 N–H and O–H groups in total. The zero-order chi connectivity index (χ0) is 21.7. The molecule has 1 aliphatic rings. The number of carbonyl (C=O) groups excluding carboxylic acids is 1. The highest BCUT2D eigenvalue weighted by Crippen LogP contribution is 2.37. The Balaban J connectivity index is 1.54. The molecule has 1 heterocycles. The quantitative estimate of drug-likeness (QED) is 0.253. The maximum atomic E-state index is 12.1. The second-order valence-electron chi connectivity index (χ2n) is 6.60. The van der Waals surface area contributed by atoms with Crippen molar-refractivity contribution in [2.75, 3.05) is 20.3 Å². The zero-order valence-corrected chi connectivity index (χ0v) is 19.8. The number of carbonyl (C=O) groups is 1. The van der Waals surface area contributed by atoms with Crippen molar-refractivity contribution in [2.45, 2.75) is 19.8 Å². The summed E-state index contributed by atoms with van der Waals surface area (Å²) < 4.78 is 12.0. The number of amides is 1. The predicted molar refractivity (Wildman–Crippen MR) is 129 cm³/mol. The summed E-state index contributed by atoms with van der Waals surface area (Å²) in [6.45, 7) is 3.06. The number of nitrogens with zero attached hydrogens (tertiary/aromatic N) is 1. The van der Waals surface area contributed by atoms with E-state index in [1.807, 2.05) is 12.1 Å². The standard InChI is InChI=1S/C22H21Cl2NO3S2/c1-3-14-5-7-16(8-6-14)27-9-4-10-28-20-17(23)11-15(12-18(20)24)13-19-21(26)25(2)22(29)30-19/h5-8,11-13H,3-4,9-10H2,1-2H3. The van der Waals surface area contributed by atoms with Gasteiger partial charge in [-0.15, -0.1) is 0 Å². The molecule has 1 fully saturated rings. The molecule has 0 saturated carbocycles. The molecule has 1 amide bonds. The first-order valence-corrected chi connectivity index (χ1v) is 11.4. The molecule has 1 aliphatic heterocycles. The monoisotopic (exact) mass is 481 g/mol. The molecule has 1 saturated heterocycles. The highest BCUT2D eigenvalue weighted by atomic mass is 35.5. The maximum absolute atomic E-state index is 12.1. The molecule has 8 heteroatoms. The van der Waals surface area contributed by atoms with Crippen LogP contribution in [0.25, 0.3) is 6.08 Å². The molecule has 0 spiro atoms. The Morgan fingerprint density at radius 1 is 1.10 bits per heavy atom. The van der Waals surface area contributed by atoms with Crippen LogP contribution < -0.4 is 9.47 Å². The Morgan fingerprint density at radius 2 is 1.73 bits per heavy atom. The van der Waals surface area contributed by atoms with E-state index in [4.69, 9.17) is 44.9 Å². The number of halogens is 2. The van der Waals surface area contributed by atoms with Crippen molar-refractivity contribution >= 4 is 63.5 Å². The van der Waals surface area contributed by atoms with Crippen molar-refractivity contribution in [3.63, 3.8) is 0 Å². The number of likely N-dealkylation sites (N-methyl/N-ethyl adjacent to an activating group) is 1. The van der Waals surface area contributed by atoms with E-state index in [1.54, 1.807) is 25.3 Å². The molecule has 0 bridgehead atoms. The van der Waals surface area contributed by atoms with E-state index in [1.165, 1.54) is 22.2 Å². The lowest BCUT2D eigenvalue weighted by molar-refractivity contribution is -0.121. The van der Waals surface area contributed by atoms with Crippen LogP contribution in [-0.4, -0.2) is 35.4 Å². The van der Waals surface area contributed by atoms with Gasteiger partial charge in [0.25, 0.3) is 5.91 Å². The predicted octanol–water partition coefficient (Wildman–Crippen LogP) is 6.23. The number of aryl methyl sites for hydroxylation is 1. The molecular formula is C22H21Cl2NO3S2. The Kier molecular flexibility index (Phi) is 8.06. The van der Waals surface area contributed by atoms with Gasteiger partial charge < -0.3 is 9.47 Å². The Labute approximate surface area is 196 Å². The zero-order valence-electron chi connectivity index (χ0n) is 16.6. The number of thiocarbonyl (C=S) groups is 1. The van der Waals surface area contributed by atoms with Crippen LogP contribution in [0.2, 0.25) is 10.0 Å². The van der Waals surface area contributed by atoms with Gasteiger partial charge in [-0.25, -0.2) is 0 Å². The normalized spacial score (nSPS) is 15.2. The number of rotatable bonds is 8. The number of thioether (sulfide) groups is 1. The topological polar surface area (TPSA) is 38.8 Å². The van der Waals surface area contributed by atoms with Crippen molar-refractivity contribution < 1.29 is 14.3 Å². The number of hydrogen-bond acceptors (Lipinski definition) is 5. The fourth-order valence-corrected chi connectivity index (χ4v) is 4.53. The first-order chi connectivity index (χ1) is 14.4. The van der Waals surface area contributed by atoms with E-state index in [0.717, 1.165) is 12.2 Å². The number of ether oxygens (including phenoxy) is 2. The van der Waals surface area contributed by atoms with Gasteiger partial charge in [0.2, 0.25) is 0 Å². The van der Waals surface area contributed by atoms with Crippen LogP contribution in [0.3, 0.4) is 0 Å². The van der Waals surface area contributed by atoms with Gasteiger partial charge in [0.1, 0.15) is 10.1 Å². The fraction of sp³-hybridized carbons (Fsp3) is 0.273. The molecule has 2 aromatic rings. The summed E-state index contributed by atoms with van der Waals surface area (Å²) >= 11 is 19.1. The molecule has 0 radical (unpaired) electrons. The summed E-state index contributed by atoms with van der Waals surface area (Å²) in [5, 5.41) is 0.772. The van der Waals surface area contributed by atoms with Crippen LogP contribution in [0.5, 0.6) is 11.5 Å². The molecule has 3 rings (SSSR count). The minimum Gasteiger partial charge on any atom is -0.493 e. The number of hydrogen-bond donors (Lipinski definition) is 0. The van der Waals surface area contributed by atoms with Crippen molar-refractivity contribution in [3.8, 4) is 11.5 Å². The van der Waals surface area contributed by atoms with Crippen LogP contribution in [0.1, 0.15) is 24.5 Å². The maximum Gasteiger partial charge on any atom is 0.265 e. The van der Waals surface area contributed by atoms with Crippen molar-refractivity contribution in [2.24, 2.45) is 0 Å². The summed E-state index contributed by atoms with van der Waals surface area (Å²) in [5.41, 5.74) is 1.99. The van der Waals surface area contributed by atoms with E-state index in [9.17, 15) is 4.79 Å². The van der Waals surface area contributed by atoms with E-state index >= 15 is 0 Å². The molecular weight excluding hydrogens is 461 g/mol. The highest BCUT2D eigenvalue weighted by Gasteiger charge is 2.28. The second-order valence-corrected chi connectivity index (χ2v) is 9.09. The molecule has 4 nitrogen and oxygen atoms in total. The van der Waals surface area contributed by atoms with Gasteiger partial charge in [-0.1, -0.05) is 66.2 Å². The fourth-order valence-electron chi connectivity index (χ4n) is 2.74. The Bertz CT molecular complexity index is 954. The molecule has 0 aliphatic carbocycles. The molecule has 158 valence electrons. The van der Waals surface area contributed by atoms with Gasteiger partial charge in [-0.3, -0.25) is 9.69 Å². The third-order valence-electron chi connectivity index (χ3n) is 4.44. The van der Waals surface area contributed by atoms with Gasteiger partial charge in [0, 0.05) is 13.5 Å². The lowest BCUT2D eigenvalue weighted by Gasteiger charge is -2.12. The van der Waals surface area contributed by atoms with Crippen molar-refractivity contribution in [3.05, 3.63) is 62.5 Å². The molecule has 0 aromatic heterocycles. The van der Waals surface area contributed by atoms with Gasteiger partial charge in [-0.05, 0) is 47.9 Å². The first kappa shape index (κ1) is 22.9. The summed E-state index contributed by atoms with van der Waals surface area (Å²) in [6, 6.07) is 11.5. The van der Waals surface area contributed by atoms with E-state index in [0.29, 0.717) is 50.2 Å². The van der Waals surface area contributed by atoms with Crippen LogP contribution in [0.4, 0.5) is 0 Å². The Hall–Kier alpha value is -1.73. The van der Waals surface area contributed by atoms with E-state index < -0.39 is 0 Å². The SMILES string of the molecule is CCc1ccc(OCCCOc2c(Cl)cc(C=C3SC(=S)N(C)C3=O)cc2Cl)cc1. The average Bonchev–Trinajstić information content (AvgIpc) is 2.96. The average molecular weight is 482 g/mol. The van der Waals surface area contributed by atoms with Crippen LogP contribution in [0, 0.1) is 0 Å². The molecule has 30 heavy (non-hydrogen) atoms. The highest BCUT2D eigenvalue weighted by molar-refractivity contribution is 8.26. The minimum absolute atomic E-state index is 0.137. The van der Waals surface area contributed by atoms with Gasteiger partial charge in [0.05, 0.1) is 28.2 Å². The van der Waals surface area contributed by atoms with Crippen molar-refractivity contribution in [1.29, 1.82) is 0 Å². The smallest absolute Gasteiger partial charge is 0.265 e. The van der Waals surface area contributed by atoms with Crippen LogP contribution in [-0.2, 0) is 11.2 Å². The van der Waals surface area contributed by atoms with E-state index in [2.05, 4.69) is 19.1 Å². The third kappa shape index (κ3) is 5.70. The first-order valence-electron chi connectivity index (χ1n) is 9.44. The Morgan fingerprint density at radius 3 is 2.30 bits per heavy atom. The largest absolute Gasteiger partial charge is 0.493 e. The van der Waals surface area contributed by atoms with E-state index in [-0.39, 0.29) is 5.91 Å². The van der Waals surface area contributed by atoms with Gasteiger partial charge in [0.15, 0.2) is 5.75 Å². The van der Waals surface area contributed by atoms with Crippen molar-refractivity contribution in [1.82, 2.24) is 4.90 Å². The molecule has 2 aromatic carbocycles. The number of benzene rings is 2.